The number of amides is 1. The lowest BCUT2D eigenvalue weighted by Gasteiger charge is -2.31. The van der Waals surface area contributed by atoms with Crippen molar-refractivity contribution in [1.82, 2.24) is 4.90 Å². The molecule has 0 saturated carbocycles. The molecule has 0 aromatic heterocycles. The number of nitrogens with zero attached hydrogens (tertiary/aromatic N) is 2. The Bertz CT molecular complexity index is 1340. The number of halogens is 2. The van der Waals surface area contributed by atoms with Gasteiger partial charge in [-0.05, 0) is 81.0 Å². The predicted octanol–water partition coefficient (Wildman–Crippen LogP) is 4.30. The predicted molar refractivity (Wildman–Crippen MR) is 134 cm³/mol. The molecule has 0 radical (unpaired) electrons. The maximum Gasteiger partial charge on any atom is 0.264 e. The molecule has 1 aliphatic heterocycles. The Morgan fingerprint density at radius 2 is 1.75 bits per heavy atom. The molecule has 0 atom stereocenters. The van der Waals surface area contributed by atoms with Crippen LogP contribution in [-0.4, -0.2) is 53.0 Å². The summed E-state index contributed by atoms with van der Waals surface area (Å²) in [5, 5.41) is 2.24. The minimum absolute atomic E-state index is 0.0862. The quantitative estimate of drug-likeness (QED) is 0.484. The number of para-hydroxylation sites is 1. The first-order chi connectivity index (χ1) is 17.2. The van der Waals surface area contributed by atoms with Crippen LogP contribution in [0.15, 0.2) is 65.6 Å². The van der Waals surface area contributed by atoms with Gasteiger partial charge in [-0.2, -0.15) is 0 Å². The van der Waals surface area contributed by atoms with Gasteiger partial charge in [-0.3, -0.25) is 9.10 Å². The van der Waals surface area contributed by atoms with E-state index in [0.717, 1.165) is 24.2 Å². The molecular formula is C26H27F2N3O4S. The molecule has 1 N–H and O–H groups in total. The number of carbonyl (C=O) groups excluding carboxylic acids is 1. The van der Waals surface area contributed by atoms with E-state index in [1.54, 1.807) is 18.2 Å². The summed E-state index contributed by atoms with van der Waals surface area (Å²) < 4.78 is 61.9. The number of rotatable bonds is 8. The van der Waals surface area contributed by atoms with E-state index in [4.69, 9.17) is 4.74 Å². The van der Waals surface area contributed by atoms with E-state index in [-0.39, 0.29) is 17.0 Å². The number of ether oxygens (including phenoxy) is 1. The summed E-state index contributed by atoms with van der Waals surface area (Å²) in [5.74, 6) is -1.99. The number of aryl methyl sites for hydroxylation is 1. The maximum absolute atomic E-state index is 14.0. The van der Waals surface area contributed by atoms with Crippen LogP contribution in [0.5, 0.6) is 5.75 Å². The maximum atomic E-state index is 14.0. The largest absolute Gasteiger partial charge is 0.492 e. The smallest absolute Gasteiger partial charge is 0.264 e. The molecule has 1 heterocycles. The number of hydrogen-bond donors (Lipinski definition) is 1. The number of likely N-dealkylation sites (N-methyl/N-ethyl adjacent to an activating group) is 1. The highest BCUT2D eigenvalue weighted by Crippen LogP contribution is 2.33. The fourth-order valence-corrected chi connectivity index (χ4v) is 5.45. The molecular weight excluding hydrogens is 488 g/mol. The third kappa shape index (κ3) is 5.50. The monoisotopic (exact) mass is 515 g/mol. The zero-order chi connectivity index (χ0) is 25.9. The van der Waals surface area contributed by atoms with E-state index in [1.807, 2.05) is 19.0 Å². The molecule has 10 heteroatoms. The van der Waals surface area contributed by atoms with Crippen LogP contribution in [0.4, 0.5) is 20.2 Å². The normalized spacial score (nSPS) is 13.4. The van der Waals surface area contributed by atoms with Crippen molar-refractivity contribution in [2.24, 2.45) is 0 Å². The lowest BCUT2D eigenvalue weighted by atomic mass is 10.0. The summed E-state index contributed by atoms with van der Waals surface area (Å²) in [6, 6.07) is 14.1. The molecule has 36 heavy (non-hydrogen) atoms. The molecule has 0 aliphatic carbocycles. The lowest BCUT2D eigenvalue weighted by Crippen LogP contribution is -2.35. The molecule has 0 fully saturated rings. The van der Waals surface area contributed by atoms with Crippen LogP contribution in [-0.2, 0) is 16.4 Å². The Morgan fingerprint density at radius 1 is 1.06 bits per heavy atom. The van der Waals surface area contributed by atoms with E-state index in [2.05, 4.69) is 5.32 Å². The Labute approximate surface area is 209 Å². The van der Waals surface area contributed by atoms with E-state index in [0.29, 0.717) is 30.9 Å². The van der Waals surface area contributed by atoms with Crippen molar-refractivity contribution in [3.05, 3.63) is 83.4 Å². The van der Waals surface area contributed by atoms with Gasteiger partial charge in [0.15, 0.2) is 0 Å². The van der Waals surface area contributed by atoms with Crippen LogP contribution in [0.1, 0.15) is 22.3 Å². The van der Waals surface area contributed by atoms with Crippen LogP contribution in [0.3, 0.4) is 0 Å². The van der Waals surface area contributed by atoms with Gasteiger partial charge < -0.3 is 15.0 Å². The molecule has 190 valence electrons. The van der Waals surface area contributed by atoms with Gasteiger partial charge in [0, 0.05) is 18.7 Å². The number of benzene rings is 3. The van der Waals surface area contributed by atoms with Crippen molar-refractivity contribution in [3.8, 4) is 5.75 Å². The second-order valence-corrected chi connectivity index (χ2v) is 10.6. The minimum Gasteiger partial charge on any atom is -0.492 e. The Morgan fingerprint density at radius 3 is 2.42 bits per heavy atom. The zero-order valence-electron chi connectivity index (χ0n) is 20.0. The topological polar surface area (TPSA) is 79.0 Å². The van der Waals surface area contributed by atoms with Crippen molar-refractivity contribution < 1.29 is 26.7 Å². The fourth-order valence-electron chi connectivity index (χ4n) is 3.92. The van der Waals surface area contributed by atoms with Gasteiger partial charge in [0.1, 0.15) is 29.7 Å². The van der Waals surface area contributed by atoms with E-state index in [1.165, 1.54) is 34.6 Å². The van der Waals surface area contributed by atoms with Crippen molar-refractivity contribution in [1.29, 1.82) is 0 Å². The standard InChI is InChI=1S/C26H27F2N3O4S/c1-30(2)15-16-35-20-10-12-21(13-11-20)36(33,34)31-14-4-5-18-8-9-19(17-24(18)31)26(32)29-25-22(27)6-3-7-23(25)28/h3,6-13,17H,4-5,14-16H2,1-2H3,(H,29,32). The zero-order valence-corrected chi connectivity index (χ0v) is 20.8. The Balaban J connectivity index is 1.58. The summed E-state index contributed by atoms with van der Waals surface area (Å²) in [4.78, 5) is 14.8. The first kappa shape index (κ1) is 25.6. The van der Waals surface area contributed by atoms with Crippen molar-refractivity contribution in [2.75, 3.05) is 43.4 Å². The third-order valence-electron chi connectivity index (χ3n) is 5.84. The minimum atomic E-state index is -3.92. The van der Waals surface area contributed by atoms with Gasteiger partial charge in [0.25, 0.3) is 15.9 Å². The van der Waals surface area contributed by atoms with Gasteiger partial charge in [0.05, 0.1) is 10.6 Å². The highest BCUT2D eigenvalue weighted by Gasteiger charge is 2.30. The average molecular weight is 516 g/mol. The van der Waals surface area contributed by atoms with Gasteiger partial charge in [-0.25, -0.2) is 17.2 Å². The number of sulfonamides is 1. The van der Waals surface area contributed by atoms with Crippen LogP contribution in [0, 0.1) is 11.6 Å². The Hall–Kier alpha value is -3.50. The molecule has 0 bridgehead atoms. The third-order valence-corrected chi connectivity index (χ3v) is 7.67. The molecule has 0 unspecified atom stereocenters. The van der Waals surface area contributed by atoms with Crippen LogP contribution >= 0.6 is 0 Å². The number of nitrogens with one attached hydrogen (secondary N) is 1. The molecule has 4 rings (SSSR count). The highest BCUT2D eigenvalue weighted by atomic mass is 32.2. The molecule has 0 saturated heterocycles. The molecule has 1 aliphatic rings. The number of fused-ring (bicyclic) bond motifs is 1. The number of carbonyl (C=O) groups is 1. The first-order valence-corrected chi connectivity index (χ1v) is 12.9. The van der Waals surface area contributed by atoms with Crippen molar-refractivity contribution >= 4 is 27.3 Å². The molecule has 1 amide bonds. The fraction of sp³-hybridized carbons (Fsp3) is 0.269. The molecule has 7 nitrogen and oxygen atoms in total. The van der Waals surface area contributed by atoms with E-state index >= 15 is 0 Å². The molecule has 3 aromatic carbocycles. The second kappa shape index (κ2) is 10.6. The van der Waals surface area contributed by atoms with Gasteiger partial charge >= 0.3 is 0 Å². The van der Waals surface area contributed by atoms with Crippen LogP contribution in [0.2, 0.25) is 0 Å². The SMILES string of the molecule is CN(C)CCOc1ccc(S(=O)(=O)N2CCCc3ccc(C(=O)Nc4c(F)cccc4F)cc32)cc1. The number of anilines is 2. The summed E-state index contributed by atoms with van der Waals surface area (Å²) >= 11 is 0. The summed E-state index contributed by atoms with van der Waals surface area (Å²) in [7, 11) is -0.0565. The van der Waals surface area contributed by atoms with Crippen molar-refractivity contribution in [2.45, 2.75) is 17.7 Å². The van der Waals surface area contributed by atoms with E-state index < -0.39 is 33.3 Å². The van der Waals surface area contributed by atoms with Gasteiger partial charge in [-0.15, -0.1) is 0 Å². The first-order valence-electron chi connectivity index (χ1n) is 11.5. The van der Waals surface area contributed by atoms with Crippen LogP contribution < -0.4 is 14.4 Å². The van der Waals surface area contributed by atoms with Crippen molar-refractivity contribution in [3.63, 3.8) is 0 Å². The number of hydrogen-bond acceptors (Lipinski definition) is 5. The lowest BCUT2D eigenvalue weighted by molar-refractivity contribution is 0.102. The van der Waals surface area contributed by atoms with E-state index in [9.17, 15) is 22.0 Å². The summed E-state index contributed by atoms with van der Waals surface area (Å²) in [5.41, 5.74) is 0.664. The Kier molecular flexibility index (Phi) is 7.56. The average Bonchev–Trinajstić information content (AvgIpc) is 2.85. The van der Waals surface area contributed by atoms with Crippen LogP contribution in [0.25, 0.3) is 0 Å². The molecule has 3 aromatic rings. The van der Waals surface area contributed by atoms with Gasteiger partial charge in [-0.1, -0.05) is 12.1 Å². The molecule has 0 spiro atoms. The summed E-state index contributed by atoms with van der Waals surface area (Å²) in [6.45, 7) is 1.44. The second-order valence-electron chi connectivity index (χ2n) is 8.70. The van der Waals surface area contributed by atoms with Gasteiger partial charge in [0.2, 0.25) is 0 Å². The summed E-state index contributed by atoms with van der Waals surface area (Å²) in [6.07, 6.45) is 1.26. The highest BCUT2D eigenvalue weighted by molar-refractivity contribution is 7.92.